The number of likely N-dealkylation sites (tertiary alicyclic amines) is 1. The largest absolute Gasteiger partial charge is 0.299 e. The second-order valence-electron chi connectivity index (χ2n) is 5.03. The van der Waals surface area contributed by atoms with Crippen LogP contribution in [0.15, 0.2) is 23.2 Å². The molecule has 1 unspecified atom stereocenters. The minimum atomic E-state index is -3.49. The normalized spacial score (nSPS) is 20.7. The summed E-state index contributed by atoms with van der Waals surface area (Å²) in [7, 11) is -1.87. The first-order valence-corrected chi connectivity index (χ1v) is 8.59. The molecule has 7 heteroatoms. The van der Waals surface area contributed by atoms with Gasteiger partial charge in [0, 0.05) is 25.8 Å². The fourth-order valence-corrected chi connectivity index (χ4v) is 3.87. The topological polar surface area (TPSA) is 53.5 Å². The number of likely N-dealkylation sites (N-methyl/N-ethyl adjacent to an activating group) is 2. The Morgan fingerprint density at radius 1 is 1.50 bits per heavy atom. The third-order valence-corrected chi connectivity index (χ3v) is 5.81. The zero-order valence-electron chi connectivity index (χ0n) is 11.8. The Labute approximate surface area is 125 Å². The molecular formula is C13H20ClN3O2S. The van der Waals surface area contributed by atoms with Crippen LogP contribution in [0.5, 0.6) is 0 Å². The van der Waals surface area contributed by atoms with Crippen molar-refractivity contribution >= 4 is 21.6 Å². The Bertz CT molecular complexity index is 547. The average Bonchev–Trinajstić information content (AvgIpc) is 2.86. The average molecular weight is 318 g/mol. The molecule has 0 radical (unpaired) electrons. The summed E-state index contributed by atoms with van der Waals surface area (Å²) in [5.74, 6) is 0. The van der Waals surface area contributed by atoms with E-state index in [0.29, 0.717) is 17.7 Å². The quantitative estimate of drug-likeness (QED) is 0.778. The Balaban J connectivity index is 2.11. The van der Waals surface area contributed by atoms with E-state index >= 15 is 0 Å². The molecule has 5 nitrogen and oxygen atoms in total. The number of hydrogen-bond donors (Lipinski definition) is 0. The molecule has 1 aromatic rings. The maximum atomic E-state index is 12.5. The minimum absolute atomic E-state index is 0.186. The van der Waals surface area contributed by atoms with E-state index in [0.717, 1.165) is 25.9 Å². The molecule has 1 fully saturated rings. The Kier molecular flexibility index (Phi) is 5.01. The lowest BCUT2D eigenvalue weighted by atomic mass is 10.2. The van der Waals surface area contributed by atoms with Crippen LogP contribution in [0.25, 0.3) is 0 Å². The third-order valence-electron chi connectivity index (χ3n) is 3.78. The summed E-state index contributed by atoms with van der Waals surface area (Å²) < 4.78 is 26.3. The molecule has 0 bridgehead atoms. The third kappa shape index (κ3) is 3.31. The molecular weight excluding hydrogens is 298 g/mol. The molecule has 1 aliphatic rings. The van der Waals surface area contributed by atoms with E-state index in [1.54, 1.807) is 7.05 Å². The van der Waals surface area contributed by atoms with Gasteiger partial charge >= 0.3 is 0 Å². The lowest BCUT2D eigenvalue weighted by Crippen LogP contribution is -2.41. The SMILES string of the molecule is CCN1CCCC1CN(C)S(=O)(=O)c1ccc(Cl)nc1. The number of rotatable bonds is 5. The van der Waals surface area contributed by atoms with Crippen LogP contribution in [0, 0.1) is 0 Å². The number of hydrogen-bond acceptors (Lipinski definition) is 4. The van der Waals surface area contributed by atoms with Gasteiger partial charge in [0.05, 0.1) is 0 Å². The molecule has 0 aliphatic carbocycles. The van der Waals surface area contributed by atoms with Crippen LogP contribution < -0.4 is 0 Å². The highest BCUT2D eigenvalue weighted by atomic mass is 35.5. The van der Waals surface area contributed by atoms with Crippen LogP contribution in [0.4, 0.5) is 0 Å². The van der Waals surface area contributed by atoms with Crippen molar-refractivity contribution in [3.63, 3.8) is 0 Å². The maximum Gasteiger partial charge on any atom is 0.244 e. The van der Waals surface area contributed by atoms with Crippen LogP contribution in [-0.4, -0.2) is 55.3 Å². The van der Waals surface area contributed by atoms with Crippen LogP contribution in [0.2, 0.25) is 5.15 Å². The monoisotopic (exact) mass is 317 g/mol. The lowest BCUT2D eigenvalue weighted by molar-refractivity contribution is 0.237. The number of halogens is 1. The van der Waals surface area contributed by atoms with E-state index in [4.69, 9.17) is 11.6 Å². The van der Waals surface area contributed by atoms with Crippen LogP contribution in [0.1, 0.15) is 19.8 Å². The molecule has 0 spiro atoms. The van der Waals surface area contributed by atoms with E-state index < -0.39 is 10.0 Å². The van der Waals surface area contributed by atoms with Crippen LogP contribution in [0.3, 0.4) is 0 Å². The van der Waals surface area contributed by atoms with Crippen molar-refractivity contribution in [2.75, 3.05) is 26.7 Å². The second-order valence-corrected chi connectivity index (χ2v) is 7.46. The van der Waals surface area contributed by atoms with Crippen molar-refractivity contribution in [3.8, 4) is 0 Å². The van der Waals surface area contributed by atoms with Crippen molar-refractivity contribution in [2.45, 2.75) is 30.7 Å². The number of pyridine rings is 1. The molecule has 0 saturated carbocycles. The highest BCUT2D eigenvalue weighted by Crippen LogP contribution is 2.21. The fraction of sp³-hybridized carbons (Fsp3) is 0.615. The highest BCUT2D eigenvalue weighted by Gasteiger charge is 2.29. The van der Waals surface area contributed by atoms with Gasteiger partial charge in [-0.3, -0.25) is 4.90 Å². The first-order chi connectivity index (χ1) is 9.45. The molecule has 112 valence electrons. The smallest absolute Gasteiger partial charge is 0.244 e. The van der Waals surface area contributed by atoms with Crippen LogP contribution in [-0.2, 0) is 10.0 Å². The molecule has 1 aliphatic heterocycles. The van der Waals surface area contributed by atoms with Crippen molar-refractivity contribution in [1.29, 1.82) is 0 Å². The van der Waals surface area contributed by atoms with Crippen molar-refractivity contribution < 1.29 is 8.42 Å². The summed E-state index contributed by atoms with van der Waals surface area (Å²) in [4.78, 5) is 6.35. The van der Waals surface area contributed by atoms with Gasteiger partial charge in [-0.15, -0.1) is 0 Å². The maximum absolute atomic E-state index is 12.5. The zero-order chi connectivity index (χ0) is 14.8. The van der Waals surface area contributed by atoms with Crippen LogP contribution >= 0.6 is 11.6 Å². The summed E-state index contributed by atoms with van der Waals surface area (Å²) in [6, 6.07) is 3.30. The van der Waals surface area contributed by atoms with E-state index in [1.165, 1.54) is 22.6 Å². The summed E-state index contributed by atoms with van der Waals surface area (Å²) >= 11 is 5.69. The van der Waals surface area contributed by atoms with E-state index in [-0.39, 0.29) is 4.90 Å². The summed E-state index contributed by atoms with van der Waals surface area (Å²) in [5, 5.41) is 0.291. The predicted molar refractivity (Wildman–Crippen MR) is 79.3 cm³/mol. The van der Waals surface area contributed by atoms with E-state index in [2.05, 4.69) is 16.8 Å². The zero-order valence-corrected chi connectivity index (χ0v) is 13.4. The first-order valence-electron chi connectivity index (χ1n) is 6.77. The van der Waals surface area contributed by atoms with Crippen molar-refractivity contribution in [1.82, 2.24) is 14.2 Å². The van der Waals surface area contributed by atoms with Gasteiger partial charge in [0.25, 0.3) is 0 Å². The van der Waals surface area contributed by atoms with Gasteiger partial charge in [-0.05, 0) is 38.1 Å². The van der Waals surface area contributed by atoms with Gasteiger partial charge in [-0.25, -0.2) is 13.4 Å². The minimum Gasteiger partial charge on any atom is -0.299 e. The molecule has 1 saturated heterocycles. The summed E-state index contributed by atoms with van der Waals surface area (Å²) in [5.41, 5.74) is 0. The lowest BCUT2D eigenvalue weighted by Gasteiger charge is -2.27. The highest BCUT2D eigenvalue weighted by molar-refractivity contribution is 7.89. The number of nitrogens with zero attached hydrogens (tertiary/aromatic N) is 3. The van der Waals surface area contributed by atoms with Gasteiger partial charge in [-0.1, -0.05) is 18.5 Å². The molecule has 0 N–H and O–H groups in total. The first kappa shape index (κ1) is 15.7. The molecule has 0 amide bonds. The standard InChI is InChI=1S/C13H20ClN3O2S/c1-3-17-8-4-5-11(17)10-16(2)20(18,19)12-6-7-13(14)15-9-12/h6-7,9,11H,3-5,8,10H2,1-2H3. The predicted octanol–water partition coefficient (Wildman–Crippen LogP) is 1.84. The molecule has 1 aromatic heterocycles. The molecule has 20 heavy (non-hydrogen) atoms. The van der Waals surface area contributed by atoms with Gasteiger partial charge in [0.15, 0.2) is 0 Å². The van der Waals surface area contributed by atoms with Gasteiger partial charge in [-0.2, -0.15) is 4.31 Å². The Hall–Kier alpha value is -0.690. The number of aromatic nitrogens is 1. The number of sulfonamides is 1. The van der Waals surface area contributed by atoms with Gasteiger partial charge < -0.3 is 0 Å². The molecule has 1 atom stereocenters. The van der Waals surface area contributed by atoms with Crippen molar-refractivity contribution in [3.05, 3.63) is 23.5 Å². The van der Waals surface area contributed by atoms with E-state index in [1.807, 2.05) is 0 Å². The molecule has 2 rings (SSSR count). The van der Waals surface area contributed by atoms with E-state index in [9.17, 15) is 8.42 Å². The van der Waals surface area contributed by atoms with Gasteiger partial charge in [0.1, 0.15) is 10.0 Å². The summed E-state index contributed by atoms with van der Waals surface area (Å²) in [6.07, 6.45) is 3.49. The van der Waals surface area contributed by atoms with Crippen molar-refractivity contribution in [2.24, 2.45) is 0 Å². The Morgan fingerprint density at radius 2 is 2.25 bits per heavy atom. The second kappa shape index (κ2) is 6.39. The fourth-order valence-electron chi connectivity index (χ4n) is 2.61. The van der Waals surface area contributed by atoms with Gasteiger partial charge in [0.2, 0.25) is 10.0 Å². The molecule has 2 heterocycles. The summed E-state index contributed by atoms with van der Waals surface area (Å²) in [6.45, 7) is 4.63. The molecule has 0 aromatic carbocycles. The Morgan fingerprint density at radius 3 is 2.85 bits per heavy atom.